The molecule has 2 heterocycles. The summed E-state index contributed by atoms with van der Waals surface area (Å²) >= 11 is 0. The molecule has 12 heteroatoms. The Kier molecular flexibility index (Phi) is 5.62. The van der Waals surface area contributed by atoms with Crippen LogP contribution >= 0.6 is 0 Å². The molecule has 1 aliphatic rings. The van der Waals surface area contributed by atoms with Gasteiger partial charge in [-0.15, -0.1) is 0 Å². The summed E-state index contributed by atoms with van der Waals surface area (Å²) in [5.74, 6) is -2.81. The Hall–Kier alpha value is -3.83. The lowest BCUT2D eigenvalue weighted by Crippen LogP contribution is -2.44. The van der Waals surface area contributed by atoms with E-state index in [-0.39, 0.29) is 23.0 Å². The van der Waals surface area contributed by atoms with Crippen LogP contribution in [0, 0.1) is 0 Å². The van der Waals surface area contributed by atoms with Crippen molar-refractivity contribution in [1.82, 2.24) is 10.1 Å². The molecular formula is C22H15F6N3O3. The maximum absolute atomic E-state index is 13.5. The molecule has 0 radical (unpaired) electrons. The number of alkyl halides is 6. The minimum Gasteiger partial charge on any atom is -0.363 e. The van der Waals surface area contributed by atoms with E-state index < -0.39 is 52.8 Å². The topological polar surface area (TPSA) is 75.4 Å². The number of amides is 2. The summed E-state index contributed by atoms with van der Waals surface area (Å²) in [6.45, 7) is 0. The quantitative estimate of drug-likeness (QED) is 0.516. The van der Waals surface area contributed by atoms with Crippen LogP contribution in [0.5, 0.6) is 0 Å². The first-order chi connectivity index (χ1) is 15.9. The number of likely N-dealkylation sites (N-methyl/N-ethyl adjacent to an activating group) is 1. The summed E-state index contributed by atoms with van der Waals surface area (Å²) in [5, 5.41) is 5.98. The first-order valence-electron chi connectivity index (χ1n) is 9.74. The molecule has 1 aromatic heterocycles. The lowest BCUT2D eigenvalue weighted by Gasteiger charge is -2.40. The van der Waals surface area contributed by atoms with Gasteiger partial charge in [0.1, 0.15) is 6.26 Å². The Bertz CT molecular complexity index is 1210. The Morgan fingerprint density at radius 2 is 1.62 bits per heavy atom. The molecule has 3 aromatic rings. The molecule has 2 aromatic carbocycles. The van der Waals surface area contributed by atoms with Gasteiger partial charge in [-0.05, 0) is 35.4 Å². The molecule has 2 amide bonds. The average Bonchev–Trinajstić information content (AvgIpc) is 3.27. The molecule has 178 valence electrons. The Morgan fingerprint density at radius 3 is 2.18 bits per heavy atom. The van der Waals surface area contributed by atoms with Gasteiger partial charge in [-0.1, -0.05) is 23.4 Å². The normalized spacial score (nSPS) is 18.6. The highest BCUT2D eigenvalue weighted by Crippen LogP contribution is 2.45. The molecule has 2 unspecified atom stereocenters. The van der Waals surface area contributed by atoms with Gasteiger partial charge in [0.15, 0.2) is 5.82 Å². The maximum Gasteiger partial charge on any atom is 0.416 e. The van der Waals surface area contributed by atoms with Crippen LogP contribution in [0.2, 0.25) is 0 Å². The van der Waals surface area contributed by atoms with Gasteiger partial charge in [0.2, 0.25) is 5.91 Å². The first-order valence-corrected chi connectivity index (χ1v) is 9.74. The van der Waals surface area contributed by atoms with Gasteiger partial charge in [0.25, 0.3) is 5.91 Å². The number of aromatic nitrogens is 1. The minimum absolute atomic E-state index is 0.00738. The second kappa shape index (κ2) is 8.19. The van der Waals surface area contributed by atoms with E-state index in [1.54, 1.807) is 0 Å². The molecule has 0 saturated heterocycles. The monoisotopic (exact) mass is 483 g/mol. The molecule has 0 saturated carbocycles. The summed E-state index contributed by atoms with van der Waals surface area (Å²) in [6.07, 6.45) is -9.02. The summed E-state index contributed by atoms with van der Waals surface area (Å²) in [7, 11) is 1.22. The van der Waals surface area contributed by atoms with Gasteiger partial charge in [0, 0.05) is 18.7 Å². The zero-order chi connectivity index (χ0) is 24.8. The fourth-order valence-corrected chi connectivity index (χ4v) is 4.00. The van der Waals surface area contributed by atoms with Gasteiger partial charge in [-0.2, -0.15) is 26.3 Å². The van der Waals surface area contributed by atoms with Crippen molar-refractivity contribution in [3.8, 4) is 0 Å². The number of nitrogens with zero attached hydrogens (tertiary/aromatic N) is 2. The van der Waals surface area contributed by atoms with E-state index >= 15 is 0 Å². The van der Waals surface area contributed by atoms with Crippen molar-refractivity contribution in [2.45, 2.75) is 24.3 Å². The number of anilines is 1. The second-order valence-corrected chi connectivity index (χ2v) is 7.64. The molecule has 2 atom stereocenters. The molecule has 1 aliphatic heterocycles. The predicted molar refractivity (Wildman–Crippen MR) is 106 cm³/mol. The SMILES string of the molecule is CN1C(=O)c2ccccc2C(C(=O)Nc2ccon2)C1c1cc(C(F)(F)F)cc(C(F)(F)F)c1. The maximum atomic E-state index is 13.5. The smallest absolute Gasteiger partial charge is 0.363 e. The third kappa shape index (κ3) is 4.22. The first kappa shape index (κ1) is 23.3. The van der Waals surface area contributed by atoms with Gasteiger partial charge in [0.05, 0.1) is 23.1 Å². The lowest BCUT2D eigenvalue weighted by atomic mass is 9.78. The van der Waals surface area contributed by atoms with E-state index in [4.69, 9.17) is 0 Å². The number of nitrogens with one attached hydrogen (secondary N) is 1. The summed E-state index contributed by atoms with van der Waals surface area (Å²) < 4.78 is 85.5. The van der Waals surface area contributed by atoms with Gasteiger partial charge in [-0.3, -0.25) is 9.59 Å². The van der Waals surface area contributed by atoms with E-state index in [1.165, 1.54) is 43.6 Å². The van der Waals surface area contributed by atoms with Crippen LogP contribution in [-0.4, -0.2) is 28.9 Å². The van der Waals surface area contributed by atoms with Crippen molar-refractivity contribution in [1.29, 1.82) is 0 Å². The van der Waals surface area contributed by atoms with Crippen LogP contribution in [0.15, 0.2) is 59.3 Å². The third-order valence-electron chi connectivity index (χ3n) is 5.50. The van der Waals surface area contributed by atoms with Crippen LogP contribution in [0.25, 0.3) is 0 Å². The number of halogens is 6. The van der Waals surface area contributed by atoms with Crippen molar-refractivity contribution >= 4 is 17.6 Å². The van der Waals surface area contributed by atoms with Gasteiger partial charge in [-0.25, -0.2) is 0 Å². The van der Waals surface area contributed by atoms with Crippen LogP contribution < -0.4 is 5.32 Å². The molecule has 1 N–H and O–H groups in total. The zero-order valence-electron chi connectivity index (χ0n) is 17.2. The number of carbonyl (C=O) groups excluding carboxylic acids is 2. The van der Waals surface area contributed by atoms with Gasteiger partial charge >= 0.3 is 12.4 Å². The molecule has 0 fully saturated rings. The van der Waals surface area contributed by atoms with Crippen molar-refractivity contribution in [2.75, 3.05) is 12.4 Å². The number of fused-ring (bicyclic) bond motifs is 1. The van der Waals surface area contributed by atoms with Gasteiger partial charge < -0.3 is 14.7 Å². The number of hydrogen-bond acceptors (Lipinski definition) is 4. The van der Waals surface area contributed by atoms with E-state index in [0.717, 1.165) is 4.90 Å². The van der Waals surface area contributed by atoms with Crippen LogP contribution in [0.3, 0.4) is 0 Å². The molecule has 34 heavy (non-hydrogen) atoms. The van der Waals surface area contributed by atoms with Crippen LogP contribution in [0.4, 0.5) is 32.2 Å². The fourth-order valence-electron chi connectivity index (χ4n) is 4.00. The standard InChI is InChI=1S/C22H15F6N3O3/c1-31-18(11-8-12(21(23,24)25)10-13(9-11)22(26,27)28)17(19(32)29-16-6-7-34-30-16)14-4-2-3-5-15(14)20(31)33/h2-10,17-18H,1H3,(H,29,30,32). The molecule has 0 spiro atoms. The highest BCUT2D eigenvalue weighted by molar-refractivity contribution is 6.04. The van der Waals surface area contributed by atoms with E-state index in [0.29, 0.717) is 12.1 Å². The largest absolute Gasteiger partial charge is 0.416 e. The van der Waals surface area contributed by atoms with Crippen molar-refractivity contribution in [3.05, 3.63) is 82.6 Å². The average molecular weight is 483 g/mol. The fraction of sp³-hybridized carbons (Fsp3) is 0.227. The number of hydrogen-bond donors (Lipinski definition) is 1. The second-order valence-electron chi connectivity index (χ2n) is 7.64. The number of benzene rings is 2. The molecule has 4 rings (SSSR count). The van der Waals surface area contributed by atoms with E-state index in [1.807, 2.05) is 0 Å². The minimum atomic E-state index is -5.09. The lowest BCUT2D eigenvalue weighted by molar-refractivity contribution is -0.143. The number of rotatable bonds is 3. The van der Waals surface area contributed by atoms with Crippen molar-refractivity contribution in [3.63, 3.8) is 0 Å². The Labute approximate surface area is 188 Å². The van der Waals surface area contributed by atoms with Crippen molar-refractivity contribution in [2.24, 2.45) is 0 Å². The molecule has 6 nitrogen and oxygen atoms in total. The van der Waals surface area contributed by atoms with Crippen molar-refractivity contribution < 1.29 is 40.5 Å². The molecular weight excluding hydrogens is 468 g/mol. The van der Waals surface area contributed by atoms with Crippen LogP contribution in [-0.2, 0) is 17.1 Å². The Morgan fingerprint density at radius 1 is 1.00 bits per heavy atom. The summed E-state index contributed by atoms with van der Waals surface area (Å²) in [4.78, 5) is 27.2. The summed E-state index contributed by atoms with van der Waals surface area (Å²) in [5.41, 5.74) is -3.33. The molecule has 0 aliphatic carbocycles. The highest BCUT2D eigenvalue weighted by Gasteiger charge is 2.45. The van der Waals surface area contributed by atoms with E-state index in [9.17, 15) is 35.9 Å². The predicted octanol–water partition coefficient (Wildman–Crippen LogP) is 5.26. The highest BCUT2D eigenvalue weighted by atomic mass is 19.4. The Balaban J connectivity index is 1.92. The molecule has 0 bridgehead atoms. The summed E-state index contributed by atoms with van der Waals surface area (Å²) in [6, 6.07) is 6.77. The van der Waals surface area contributed by atoms with Crippen LogP contribution in [0.1, 0.15) is 44.6 Å². The van der Waals surface area contributed by atoms with E-state index in [2.05, 4.69) is 15.0 Å². The number of carbonyl (C=O) groups is 2. The zero-order valence-corrected chi connectivity index (χ0v) is 17.2. The third-order valence-corrected chi connectivity index (χ3v) is 5.50.